The topological polar surface area (TPSA) is 63.7 Å². The first-order valence-electron chi connectivity index (χ1n) is 5.86. The third-order valence-corrected chi connectivity index (χ3v) is 3.24. The Kier molecular flexibility index (Phi) is 3.89. The fourth-order valence-electron chi connectivity index (χ4n) is 1.93. The molecule has 0 radical (unpaired) electrons. The number of rotatable bonds is 3. The van der Waals surface area contributed by atoms with Crippen LogP contribution in [-0.2, 0) is 14.3 Å². The first kappa shape index (κ1) is 14.6. The zero-order valence-corrected chi connectivity index (χ0v) is 12.4. The summed E-state index contributed by atoms with van der Waals surface area (Å²) in [5.74, 6) is -2.97. The van der Waals surface area contributed by atoms with Crippen LogP contribution in [0.2, 0.25) is 0 Å². The number of carbonyl (C=O) groups is 3. The number of amides is 1. The standard InChI is InChI=1S/C13H11BrFNO4/c1-6(2)20-10(17)5-16-11-8(12(18)13(16)19)3-7(15)4-9(11)14/h3-4,6H,5H2,1-2H3. The first-order valence-corrected chi connectivity index (χ1v) is 6.65. The van der Waals surface area contributed by atoms with Crippen molar-refractivity contribution < 1.29 is 23.5 Å². The highest BCUT2D eigenvalue weighted by Gasteiger charge is 2.39. The van der Waals surface area contributed by atoms with E-state index in [1.165, 1.54) is 0 Å². The SMILES string of the molecule is CC(C)OC(=O)CN1C(=O)C(=O)c2cc(F)cc(Br)c21. The summed E-state index contributed by atoms with van der Waals surface area (Å²) in [7, 11) is 0. The average molecular weight is 344 g/mol. The molecule has 0 saturated carbocycles. The molecule has 0 N–H and O–H groups in total. The number of carbonyl (C=O) groups excluding carboxylic acids is 3. The Bertz CT molecular complexity index is 615. The molecule has 1 aromatic carbocycles. The van der Waals surface area contributed by atoms with Gasteiger partial charge in [-0.25, -0.2) is 4.39 Å². The highest BCUT2D eigenvalue weighted by Crippen LogP contribution is 2.36. The van der Waals surface area contributed by atoms with Gasteiger partial charge in [0.2, 0.25) is 0 Å². The second kappa shape index (κ2) is 5.32. The summed E-state index contributed by atoms with van der Waals surface area (Å²) in [4.78, 5) is 36.3. The van der Waals surface area contributed by atoms with Crippen molar-refractivity contribution in [2.45, 2.75) is 20.0 Å². The summed E-state index contributed by atoms with van der Waals surface area (Å²) in [5, 5.41) is 0. The monoisotopic (exact) mass is 343 g/mol. The zero-order valence-electron chi connectivity index (χ0n) is 10.8. The second-order valence-electron chi connectivity index (χ2n) is 4.54. The smallest absolute Gasteiger partial charge is 0.326 e. The number of Topliss-reactive ketones (excluding diaryl/α,β-unsaturated/α-hetero) is 1. The Labute approximate surface area is 122 Å². The fraction of sp³-hybridized carbons (Fsp3) is 0.308. The molecular formula is C13H11BrFNO4. The minimum absolute atomic E-state index is 0.0563. The molecule has 0 aromatic heterocycles. The number of anilines is 1. The number of esters is 1. The Morgan fingerprint density at radius 2 is 2.05 bits per heavy atom. The summed E-state index contributed by atoms with van der Waals surface area (Å²) < 4.78 is 18.5. The average Bonchev–Trinajstić information content (AvgIpc) is 2.53. The van der Waals surface area contributed by atoms with Gasteiger partial charge in [-0.2, -0.15) is 0 Å². The van der Waals surface area contributed by atoms with Crippen LogP contribution in [-0.4, -0.2) is 30.3 Å². The molecule has 5 nitrogen and oxygen atoms in total. The summed E-state index contributed by atoms with van der Waals surface area (Å²) in [6, 6.07) is 2.11. The molecule has 0 atom stereocenters. The number of nitrogens with zero attached hydrogens (tertiary/aromatic N) is 1. The molecule has 1 heterocycles. The molecule has 0 saturated heterocycles. The van der Waals surface area contributed by atoms with E-state index >= 15 is 0 Å². The summed E-state index contributed by atoms with van der Waals surface area (Å²) in [6.07, 6.45) is -0.327. The van der Waals surface area contributed by atoms with Crippen LogP contribution in [0.1, 0.15) is 24.2 Å². The van der Waals surface area contributed by atoms with Crippen molar-refractivity contribution in [2.24, 2.45) is 0 Å². The Morgan fingerprint density at radius 3 is 2.65 bits per heavy atom. The lowest BCUT2D eigenvalue weighted by Crippen LogP contribution is -2.36. The van der Waals surface area contributed by atoms with Gasteiger partial charge in [-0.1, -0.05) is 0 Å². The van der Waals surface area contributed by atoms with Gasteiger partial charge in [0, 0.05) is 4.47 Å². The number of halogens is 2. The van der Waals surface area contributed by atoms with Gasteiger partial charge in [-0.3, -0.25) is 19.3 Å². The number of ketones is 1. The van der Waals surface area contributed by atoms with Crippen LogP contribution in [0, 0.1) is 5.82 Å². The minimum Gasteiger partial charge on any atom is -0.462 e. The number of benzene rings is 1. The molecule has 1 aliphatic rings. The van der Waals surface area contributed by atoms with Crippen molar-refractivity contribution in [1.82, 2.24) is 0 Å². The van der Waals surface area contributed by atoms with Gasteiger partial charge in [-0.05, 0) is 41.9 Å². The van der Waals surface area contributed by atoms with Crippen molar-refractivity contribution in [3.8, 4) is 0 Å². The van der Waals surface area contributed by atoms with E-state index in [1.807, 2.05) is 0 Å². The van der Waals surface area contributed by atoms with Gasteiger partial charge in [0.05, 0.1) is 17.4 Å². The lowest BCUT2D eigenvalue weighted by Gasteiger charge is -2.17. The van der Waals surface area contributed by atoms with E-state index < -0.39 is 23.5 Å². The van der Waals surface area contributed by atoms with Crippen molar-refractivity contribution in [1.29, 1.82) is 0 Å². The van der Waals surface area contributed by atoms with Crippen molar-refractivity contribution in [3.05, 3.63) is 28.0 Å². The van der Waals surface area contributed by atoms with Crippen LogP contribution in [0.25, 0.3) is 0 Å². The van der Waals surface area contributed by atoms with Crippen LogP contribution >= 0.6 is 15.9 Å². The van der Waals surface area contributed by atoms with Crippen LogP contribution in [0.4, 0.5) is 10.1 Å². The number of ether oxygens (including phenoxy) is 1. The highest BCUT2D eigenvalue weighted by atomic mass is 79.9. The normalized spacial score (nSPS) is 13.9. The van der Waals surface area contributed by atoms with Crippen LogP contribution < -0.4 is 4.90 Å². The van der Waals surface area contributed by atoms with Crippen molar-refractivity contribution >= 4 is 39.3 Å². The Morgan fingerprint density at radius 1 is 1.40 bits per heavy atom. The molecule has 2 rings (SSSR count). The molecule has 0 bridgehead atoms. The lowest BCUT2D eigenvalue weighted by atomic mass is 10.1. The van der Waals surface area contributed by atoms with Gasteiger partial charge in [0.25, 0.3) is 11.7 Å². The number of fused-ring (bicyclic) bond motifs is 1. The maximum Gasteiger partial charge on any atom is 0.326 e. The van der Waals surface area contributed by atoms with E-state index in [0.29, 0.717) is 0 Å². The first-order chi connectivity index (χ1) is 9.31. The van der Waals surface area contributed by atoms with Gasteiger partial charge in [-0.15, -0.1) is 0 Å². The van der Waals surface area contributed by atoms with Gasteiger partial charge < -0.3 is 4.74 Å². The van der Waals surface area contributed by atoms with E-state index in [9.17, 15) is 18.8 Å². The maximum absolute atomic E-state index is 13.3. The minimum atomic E-state index is -0.869. The summed E-state index contributed by atoms with van der Waals surface area (Å²) in [5.41, 5.74) is 0.140. The third-order valence-electron chi connectivity index (χ3n) is 2.64. The molecule has 106 valence electrons. The molecule has 7 heteroatoms. The largest absolute Gasteiger partial charge is 0.462 e. The van der Waals surface area contributed by atoms with Gasteiger partial charge in [0.15, 0.2) is 0 Å². The molecule has 20 heavy (non-hydrogen) atoms. The van der Waals surface area contributed by atoms with E-state index in [0.717, 1.165) is 17.0 Å². The molecule has 1 aliphatic heterocycles. The quantitative estimate of drug-likeness (QED) is 0.622. The summed E-state index contributed by atoms with van der Waals surface area (Å²) >= 11 is 3.10. The van der Waals surface area contributed by atoms with Crippen LogP contribution in [0.3, 0.4) is 0 Å². The molecule has 1 aromatic rings. The number of hydrogen-bond donors (Lipinski definition) is 0. The summed E-state index contributed by atoms with van der Waals surface area (Å²) in [6.45, 7) is 2.96. The van der Waals surface area contributed by atoms with Gasteiger partial charge in [0.1, 0.15) is 12.4 Å². The molecule has 0 spiro atoms. The van der Waals surface area contributed by atoms with Crippen molar-refractivity contribution in [2.75, 3.05) is 11.4 Å². The molecule has 0 aliphatic carbocycles. The maximum atomic E-state index is 13.3. The fourth-order valence-corrected chi connectivity index (χ4v) is 2.58. The molecule has 0 unspecified atom stereocenters. The van der Waals surface area contributed by atoms with E-state index in [1.54, 1.807) is 13.8 Å². The lowest BCUT2D eigenvalue weighted by molar-refractivity contribution is -0.146. The number of hydrogen-bond acceptors (Lipinski definition) is 4. The zero-order chi connectivity index (χ0) is 15.0. The molecular weight excluding hydrogens is 333 g/mol. The predicted molar refractivity (Wildman–Crippen MR) is 72.0 cm³/mol. The third kappa shape index (κ3) is 2.58. The Balaban J connectivity index is 2.36. The second-order valence-corrected chi connectivity index (χ2v) is 5.40. The van der Waals surface area contributed by atoms with Crippen LogP contribution in [0.5, 0.6) is 0 Å². The van der Waals surface area contributed by atoms with E-state index in [-0.39, 0.29) is 28.4 Å². The van der Waals surface area contributed by atoms with E-state index in [2.05, 4.69) is 15.9 Å². The predicted octanol–water partition coefficient (Wildman–Crippen LogP) is 2.07. The van der Waals surface area contributed by atoms with Gasteiger partial charge >= 0.3 is 5.97 Å². The molecule has 1 amide bonds. The Hall–Kier alpha value is -1.76. The molecule has 0 fully saturated rings. The van der Waals surface area contributed by atoms with Crippen molar-refractivity contribution in [3.63, 3.8) is 0 Å². The van der Waals surface area contributed by atoms with Crippen LogP contribution in [0.15, 0.2) is 16.6 Å². The van der Waals surface area contributed by atoms with E-state index in [4.69, 9.17) is 4.74 Å². The highest BCUT2D eigenvalue weighted by molar-refractivity contribution is 9.10.